The number of nitrogens with one attached hydrogen (secondary N) is 1. The van der Waals surface area contributed by atoms with E-state index in [4.69, 9.17) is 4.74 Å². The van der Waals surface area contributed by atoms with Crippen molar-refractivity contribution >= 4 is 11.8 Å². The summed E-state index contributed by atoms with van der Waals surface area (Å²) in [5.74, 6) is 0.0258. The Labute approximate surface area is 119 Å². The molecular formula is C14H23N3O3. The molecule has 1 unspecified atom stereocenters. The number of morpholine rings is 1. The zero-order valence-corrected chi connectivity index (χ0v) is 11.8. The fourth-order valence-electron chi connectivity index (χ4n) is 2.58. The fraction of sp³-hybridized carbons (Fsp3) is 0.714. The number of nitrogens with zero attached hydrogens (tertiary/aromatic N) is 2. The van der Waals surface area contributed by atoms with Gasteiger partial charge < -0.3 is 15.0 Å². The molecule has 0 bridgehead atoms. The maximum atomic E-state index is 12.3. The van der Waals surface area contributed by atoms with Crippen LogP contribution in [-0.2, 0) is 14.3 Å². The fourth-order valence-corrected chi connectivity index (χ4v) is 2.58. The number of likely N-dealkylation sites (tertiary alicyclic amines) is 1. The van der Waals surface area contributed by atoms with Gasteiger partial charge >= 0.3 is 0 Å². The number of hydrogen-bond donors (Lipinski definition) is 1. The third-order valence-electron chi connectivity index (χ3n) is 3.65. The van der Waals surface area contributed by atoms with Gasteiger partial charge in [-0.15, -0.1) is 6.58 Å². The second kappa shape index (κ2) is 7.40. The van der Waals surface area contributed by atoms with Gasteiger partial charge in [-0.25, -0.2) is 0 Å². The highest BCUT2D eigenvalue weighted by atomic mass is 16.5. The lowest BCUT2D eigenvalue weighted by Crippen LogP contribution is -2.52. The van der Waals surface area contributed by atoms with Crippen molar-refractivity contribution in [3.05, 3.63) is 12.7 Å². The van der Waals surface area contributed by atoms with E-state index in [0.29, 0.717) is 32.8 Å². The van der Waals surface area contributed by atoms with Gasteiger partial charge in [-0.05, 0) is 12.8 Å². The molecule has 1 N–H and O–H groups in total. The van der Waals surface area contributed by atoms with Crippen LogP contribution in [0.15, 0.2) is 12.7 Å². The van der Waals surface area contributed by atoms with Gasteiger partial charge in [0.05, 0.1) is 13.2 Å². The minimum absolute atomic E-state index is 0.0424. The Morgan fingerprint density at radius 3 is 2.75 bits per heavy atom. The van der Waals surface area contributed by atoms with Crippen molar-refractivity contribution in [2.24, 2.45) is 0 Å². The lowest BCUT2D eigenvalue weighted by atomic mass is 10.2. The van der Waals surface area contributed by atoms with Crippen LogP contribution in [0, 0.1) is 0 Å². The molecule has 2 saturated heterocycles. The predicted molar refractivity (Wildman–Crippen MR) is 75.2 cm³/mol. The van der Waals surface area contributed by atoms with E-state index < -0.39 is 6.10 Å². The first-order chi connectivity index (χ1) is 9.70. The predicted octanol–water partition coefficient (Wildman–Crippen LogP) is -0.388. The molecule has 2 fully saturated rings. The first-order valence-electron chi connectivity index (χ1n) is 7.21. The molecule has 2 heterocycles. The molecule has 0 aromatic carbocycles. The van der Waals surface area contributed by atoms with E-state index >= 15 is 0 Å². The summed E-state index contributed by atoms with van der Waals surface area (Å²) in [5.41, 5.74) is 0. The molecule has 0 aromatic heterocycles. The third kappa shape index (κ3) is 4.05. The Balaban J connectivity index is 1.80. The number of ether oxygens (including phenoxy) is 1. The van der Waals surface area contributed by atoms with Crippen LogP contribution in [0.1, 0.15) is 12.8 Å². The SMILES string of the molecule is C=CCNC(=O)CN1CCOC(C(=O)N2CCCC2)C1. The Hall–Kier alpha value is -1.40. The molecule has 0 radical (unpaired) electrons. The normalized spacial score (nSPS) is 23.6. The first kappa shape index (κ1) is 15.0. The maximum Gasteiger partial charge on any atom is 0.253 e. The number of amides is 2. The van der Waals surface area contributed by atoms with Crippen LogP contribution in [0.25, 0.3) is 0 Å². The van der Waals surface area contributed by atoms with Crippen molar-refractivity contribution in [1.82, 2.24) is 15.1 Å². The van der Waals surface area contributed by atoms with Crippen molar-refractivity contribution in [3.8, 4) is 0 Å². The smallest absolute Gasteiger partial charge is 0.253 e. The number of carbonyl (C=O) groups excluding carboxylic acids is 2. The van der Waals surface area contributed by atoms with Gasteiger partial charge in [0.1, 0.15) is 6.10 Å². The van der Waals surface area contributed by atoms with Crippen LogP contribution < -0.4 is 5.32 Å². The Morgan fingerprint density at radius 2 is 2.05 bits per heavy atom. The van der Waals surface area contributed by atoms with Gasteiger partial charge in [-0.2, -0.15) is 0 Å². The third-order valence-corrected chi connectivity index (χ3v) is 3.65. The zero-order chi connectivity index (χ0) is 14.4. The molecule has 1 atom stereocenters. The Kier molecular flexibility index (Phi) is 5.55. The molecule has 0 saturated carbocycles. The molecule has 2 amide bonds. The quantitative estimate of drug-likeness (QED) is 0.697. The second-order valence-electron chi connectivity index (χ2n) is 5.22. The average molecular weight is 281 g/mol. The first-order valence-corrected chi connectivity index (χ1v) is 7.21. The van der Waals surface area contributed by atoms with E-state index in [-0.39, 0.29) is 11.8 Å². The summed E-state index contributed by atoms with van der Waals surface area (Å²) in [4.78, 5) is 27.8. The molecule has 6 nitrogen and oxygen atoms in total. The molecule has 112 valence electrons. The highest BCUT2D eigenvalue weighted by Gasteiger charge is 2.31. The molecule has 2 aliphatic rings. The number of carbonyl (C=O) groups is 2. The van der Waals surface area contributed by atoms with E-state index in [1.54, 1.807) is 6.08 Å². The lowest BCUT2D eigenvalue weighted by molar-refractivity contribution is -0.149. The van der Waals surface area contributed by atoms with Crippen LogP contribution in [0.4, 0.5) is 0 Å². The van der Waals surface area contributed by atoms with Crippen LogP contribution >= 0.6 is 0 Å². The topological polar surface area (TPSA) is 61.9 Å². The minimum Gasteiger partial charge on any atom is -0.366 e. The summed E-state index contributed by atoms with van der Waals surface area (Å²) in [6.45, 7) is 7.68. The summed E-state index contributed by atoms with van der Waals surface area (Å²) in [6, 6.07) is 0. The van der Waals surface area contributed by atoms with E-state index in [9.17, 15) is 9.59 Å². The molecular weight excluding hydrogens is 258 g/mol. The Morgan fingerprint density at radius 1 is 1.30 bits per heavy atom. The van der Waals surface area contributed by atoms with Crippen LogP contribution in [0.2, 0.25) is 0 Å². The van der Waals surface area contributed by atoms with Gasteiger partial charge in [0.25, 0.3) is 5.91 Å². The van der Waals surface area contributed by atoms with Gasteiger partial charge in [0.15, 0.2) is 0 Å². The van der Waals surface area contributed by atoms with E-state index in [1.807, 2.05) is 9.80 Å². The van der Waals surface area contributed by atoms with Crippen molar-refractivity contribution in [1.29, 1.82) is 0 Å². The van der Waals surface area contributed by atoms with E-state index in [2.05, 4.69) is 11.9 Å². The molecule has 20 heavy (non-hydrogen) atoms. The molecule has 0 aliphatic carbocycles. The van der Waals surface area contributed by atoms with Crippen molar-refractivity contribution < 1.29 is 14.3 Å². The molecule has 0 spiro atoms. The van der Waals surface area contributed by atoms with Gasteiger partial charge in [0.2, 0.25) is 5.91 Å². The summed E-state index contributed by atoms with van der Waals surface area (Å²) in [7, 11) is 0. The van der Waals surface area contributed by atoms with Crippen LogP contribution in [0.5, 0.6) is 0 Å². The zero-order valence-electron chi connectivity index (χ0n) is 11.8. The largest absolute Gasteiger partial charge is 0.366 e. The summed E-state index contributed by atoms with van der Waals surface area (Å²) >= 11 is 0. The van der Waals surface area contributed by atoms with Gasteiger partial charge in [-0.1, -0.05) is 6.08 Å². The lowest BCUT2D eigenvalue weighted by Gasteiger charge is -2.33. The highest BCUT2D eigenvalue weighted by Crippen LogP contribution is 2.13. The molecule has 6 heteroatoms. The molecule has 0 aromatic rings. The average Bonchev–Trinajstić information content (AvgIpc) is 2.98. The molecule has 2 aliphatic heterocycles. The van der Waals surface area contributed by atoms with Gasteiger partial charge in [0, 0.05) is 32.7 Å². The van der Waals surface area contributed by atoms with E-state index in [0.717, 1.165) is 25.9 Å². The van der Waals surface area contributed by atoms with Crippen LogP contribution in [0.3, 0.4) is 0 Å². The summed E-state index contributed by atoms with van der Waals surface area (Å²) in [6.07, 6.45) is 3.38. The van der Waals surface area contributed by atoms with Crippen molar-refractivity contribution in [3.63, 3.8) is 0 Å². The maximum absolute atomic E-state index is 12.3. The van der Waals surface area contributed by atoms with Crippen molar-refractivity contribution in [2.75, 3.05) is 45.9 Å². The standard InChI is InChI=1S/C14H23N3O3/c1-2-5-15-13(18)11-16-8-9-20-12(10-16)14(19)17-6-3-4-7-17/h2,12H,1,3-11H2,(H,15,18). The van der Waals surface area contributed by atoms with Gasteiger partial charge in [-0.3, -0.25) is 14.5 Å². The van der Waals surface area contributed by atoms with Crippen molar-refractivity contribution in [2.45, 2.75) is 18.9 Å². The second-order valence-corrected chi connectivity index (χ2v) is 5.22. The minimum atomic E-state index is -0.422. The highest BCUT2D eigenvalue weighted by molar-refractivity contribution is 5.82. The van der Waals surface area contributed by atoms with E-state index in [1.165, 1.54) is 0 Å². The summed E-state index contributed by atoms with van der Waals surface area (Å²) < 4.78 is 5.56. The Bertz CT molecular complexity index is 367. The number of rotatable bonds is 5. The number of hydrogen-bond acceptors (Lipinski definition) is 4. The summed E-state index contributed by atoms with van der Waals surface area (Å²) in [5, 5.41) is 2.74. The monoisotopic (exact) mass is 281 g/mol. The molecule has 2 rings (SSSR count). The van der Waals surface area contributed by atoms with Crippen LogP contribution in [-0.4, -0.2) is 73.6 Å².